The van der Waals surface area contributed by atoms with Crippen molar-refractivity contribution in [1.82, 2.24) is 4.98 Å². The summed E-state index contributed by atoms with van der Waals surface area (Å²) in [7, 11) is 0. The number of carbonyl (C=O) groups is 2. The second-order valence-electron chi connectivity index (χ2n) is 5.79. The quantitative estimate of drug-likeness (QED) is 0.655. The molecule has 3 N–H and O–H groups in total. The molecule has 7 heteroatoms. The molecule has 0 spiro atoms. The lowest BCUT2D eigenvalue weighted by atomic mass is 10.1. The third-order valence-corrected chi connectivity index (χ3v) is 4.64. The molecule has 0 aliphatic rings. The molecule has 6 nitrogen and oxygen atoms in total. The van der Waals surface area contributed by atoms with Crippen molar-refractivity contribution in [2.45, 2.75) is 13.3 Å². The van der Waals surface area contributed by atoms with E-state index in [1.165, 1.54) is 16.9 Å². The Morgan fingerprint density at radius 2 is 1.89 bits per heavy atom. The van der Waals surface area contributed by atoms with Crippen molar-refractivity contribution in [3.05, 3.63) is 65.0 Å². The Morgan fingerprint density at radius 3 is 2.59 bits per heavy atom. The molecule has 3 aromatic rings. The zero-order chi connectivity index (χ0) is 19.2. The minimum atomic E-state index is -0.608. The summed E-state index contributed by atoms with van der Waals surface area (Å²) in [6.07, 6.45) is 0.982. The molecular formula is C20H19N3O3S. The van der Waals surface area contributed by atoms with Gasteiger partial charge in [-0.15, -0.1) is 11.3 Å². The van der Waals surface area contributed by atoms with Crippen LogP contribution in [0, 0.1) is 0 Å². The number of carbonyl (C=O) groups excluding carboxylic acids is 2. The van der Waals surface area contributed by atoms with E-state index in [-0.39, 0.29) is 12.5 Å². The number of nitrogens with two attached hydrogens (primary N) is 1. The first kappa shape index (κ1) is 18.6. The predicted molar refractivity (Wildman–Crippen MR) is 106 cm³/mol. The van der Waals surface area contributed by atoms with E-state index in [2.05, 4.69) is 29.4 Å². The van der Waals surface area contributed by atoms with Gasteiger partial charge in [-0.1, -0.05) is 43.3 Å². The summed E-state index contributed by atoms with van der Waals surface area (Å²) in [5, 5.41) is 5.15. The number of aryl methyl sites for hydroxylation is 1. The smallest absolute Gasteiger partial charge is 0.261 e. The molecule has 1 aromatic heterocycles. The van der Waals surface area contributed by atoms with Crippen LogP contribution in [-0.2, 0) is 11.2 Å². The molecular weight excluding hydrogens is 362 g/mol. The Hall–Kier alpha value is -3.19. The van der Waals surface area contributed by atoms with Crippen molar-refractivity contribution in [3.63, 3.8) is 0 Å². The summed E-state index contributed by atoms with van der Waals surface area (Å²) in [6, 6.07) is 14.8. The van der Waals surface area contributed by atoms with Crippen molar-refractivity contribution in [2.75, 3.05) is 11.9 Å². The third-order valence-electron chi connectivity index (χ3n) is 3.88. The maximum Gasteiger partial charge on any atom is 0.261 e. The minimum Gasteiger partial charge on any atom is -0.483 e. The largest absolute Gasteiger partial charge is 0.483 e. The number of anilines is 1. The summed E-state index contributed by atoms with van der Waals surface area (Å²) in [4.78, 5) is 28.0. The molecule has 138 valence electrons. The van der Waals surface area contributed by atoms with E-state index < -0.39 is 5.91 Å². The number of aromatic nitrogens is 1. The monoisotopic (exact) mass is 381 g/mol. The van der Waals surface area contributed by atoms with E-state index in [0.717, 1.165) is 17.7 Å². The van der Waals surface area contributed by atoms with Gasteiger partial charge in [-0.3, -0.25) is 14.9 Å². The number of nitrogens with one attached hydrogen (secondary N) is 1. The van der Waals surface area contributed by atoms with Gasteiger partial charge in [-0.25, -0.2) is 4.98 Å². The summed E-state index contributed by atoms with van der Waals surface area (Å²) in [5.74, 6) is -0.679. The Balaban J connectivity index is 1.73. The average molecular weight is 381 g/mol. The highest BCUT2D eigenvalue weighted by atomic mass is 32.1. The molecule has 0 saturated heterocycles. The fourth-order valence-corrected chi connectivity index (χ4v) is 3.18. The first-order valence-electron chi connectivity index (χ1n) is 8.43. The fourth-order valence-electron chi connectivity index (χ4n) is 2.47. The number of rotatable bonds is 7. The molecule has 3 rings (SSSR count). The van der Waals surface area contributed by atoms with Crippen LogP contribution in [0.5, 0.6) is 5.75 Å². The zero-order valence-electron chi connectivity index (χ0n) is 14.8. The van der Waals surface area contributed by atoms with Gasteiger partial charge >= 0.3 is 0 Å². The Morgan fingerprint density at radius 1 is 1.15 bits per heavy atom. The fraction of sp³-hybridized carbons (Fsp3) is 0.150. The number of amides is 2. The van der Waals surface area contributed by atoms with Crippen molar-refractivity contribution in [3.8, 4) is 17.0 Å². The van der Waals surface area contributed by atoms with Gasteiger partial charge in [0.2, 0.25) is 0 Å². The molecule has 0 atom stereocenters. The summed E-state index contributed by atoms with van der Waals surface area (Å²) >= 11 is 1.34. The number of primary amides is 1. The van der Waals surface area contributed by atoms with E-state index in [4.69, 9.17) is 10.5 Å². The van der Waals surface area contributed by atoms with E-state index in [9.17, 15) is 9.59 Å². The van der Waals surface area contributed by atoms with Crippen LogP contribution in [-0.4, -0.2) is 23.4 Å². The van der Waals surface area contributed by atoms with Crippen LogP contribution >= 0.6 is 11.3 Å². The molecule has 2 aromatic carbocycles. The second-order valence-corrected chi connectivity index (χ2v) is 6.65. The topological polar surface area (TPSA) is 94.3 Å². The van der Waals surface area contributed by atoms with Gasteiger partial charge in [0.05, 0.1) is 11.3 Å². The van der Waals surface area contributed by atoms with Gasteiger partial charge in [-0.05, 0) is 24.1 Å². The van der Waals surface area contributed by atoms with Crippen molar-refractivity contribution < 1.29 is 14.3 Å². The van der Waals surface area contributed by atoms with Gasteiger partial charge in [0.1, 0.15) is 5.75 Å². The Labute approximate surface area is 161 Å². The molecule has 2 amide bonds. The molecule has 0 saturated carbocycles. The van der Waals surface area contributed by atoms with Gasteiger partial charge in [0, 0.05) is 10.9 Å². The van der Waals surface area contributed by atoms with Crippen LogP contribution in [0.15, 0.2) is 53.9 Å². The molecule has 0 radical (unpaired) electrons. The maximum atomic E-state index is 12.6. The molecule has 0 unspecified atom stereocenters. The van der Waals surface area contributed by atoms with Gasteiger partial charge in [-0.2, -0.15) is 0 Å². The maximum absolute atomic E-state index is 12.6. The SMILES string of the molecule is CCc1ccc(-c2csc(NC(=O)c3ccccc3OCC(N)=O)n2)cc1. The molecule has 1 heterocycles. The highest BCUT2D eigenvalue weighted by Gasteiger charge is 2.15. The van der Waals surface area contributed by atoms with E-state index in [0.29, 0.717) is 16.4 Å². The zero-order valence-corrected chi connectivity index (χ0v) is 15.6. The van der Waals surface area contributed by atoms with Gasteiger partial charge in [0.25, 0.3) is 11.8 Å². The third kappa shape index (κ3) is 4.71. The number of para-hydroxylation sites is 1. The van der Waals surface area contributed by atoms with Crippen LogP contribution in [0.25, 0.3) is 11.3 Å². The highest BCUT2D eigenvalue weighted by Crippen LogP contribution is 2.26. The predicted octanol–water partition coefficient (Wildman–Crippen LogP) is 3.49. The lowest BCUT2D eigenvalue weighted by Crippen LogP contribution is -2.21. The van der Waals surface area contributed by atoms with Crippen molar-refractivity contribution in [2.24, 2.45) is 5.73 Å². The van der Waals surface area contributed by atoms with Crippen molar-refractivity contribution in [1.29, 1.82) is 0 Å². The molecule has 27 heavy (non-hydrogen) atoms. The van der Waals surface area contributed by atoms with Crippen LogP contribution in [0.3, 0.4) is 0 Å². The Bertz CT molecular complexity index is 951. The van der Waals surface area contributed by atoms with E-state index in [1.54, 1.807) is 24.3 Å². The van der Waals surface area contributed by atoms with Crippen LogP contribution in [0.1, 0.15) is 22.8 Å². The lowest BCUT2D eigenvalue weighted by molar-refractivity contribution is -0.119. The molecule has 0 aliphatic carbocycles. The molecule has 0 aliphatic heterocycles. The lowest BCUT2D eigenvalue weighted by Gasteiger charge is -2.09. The normalized spacial score (nSPS) is 10.4. The number of hydrogen-bond donors (Lipinski definition) is 2. The van der Waals surface area contributed by atoms with Gasteiger partial charge in [0.15, 0.2) is 11.7 Å². The van der Waals surface area contributed by atoms with Crippen LogP contribution in [0.2, 0.25) is 0 Å². The summed E-state index contributed by atoms with van der Waals surface area (Å²) in [5.41, 5.74) is 8.46. The number of thiazole rings is 1. The number of ether oxygens (including phenoxy) is 1. The van der Waals surface area contributed by atoms with Crippen molar-refractivity contribution >= 4 is 28.3 Å². The average Bonchev–Trinajstić information content (AvgIpc) is 3.15. The summed E-state index contributed by atoms with van der Waals surface area (Å²) < 4.78 is 5.30. The number of nitrogens with zero attached hydrogens (tertiary/aromatic N) is 1. The number of hydrogen-bond acceptors (Lipinski definition) is 5. The second kappa shape index (κ2) is 8.46. The molecule has 0 bridgehead atoms. The van der Waals surface area contributed by atoms with E-state index in [1.807, 2.05) is 17.5 Å². The standard InChI is InChI=1S/C20H19N3O3S/c1-2-13-7-9-14(10-8-13)16-12-27-20(22-16)23-19(25)15-5-3-4-6-17(15)26-11-18(21)24/h3-10,12H,2,11H2,1H3,(H2,21,24)(H,22,23,25). The number of benzene rings is 2. The first-order valence-corrected chi connectivity index (χ1v) is 9.31. The van der Waals surface area contributed by atoms with Crippen LogP contribution < -0.4 is 15.8 Å². The first-order chi connectivity index (χ1) is 13.1. The van der Waals surface area contributed by atoms with E-state index >= 15 is 0 Å². The summed E-state index contributed by atoms with van der Waals surface area (Å²) in [6.45, 7) is 1.82. The van der Waals surface area contributed by atoms with Gasteiger partial charge < -0.3 is 10.5 Å². The Kier molecular flexibility index (Phi) is 5.83. The van der Waals surface area contributed by atoms with Crippen LogP contribution in [0.4, 0.5) is 5.13 Å². The minimum absolute atomic E-state index is 0.292. The highest BCUT2D eigenvalue weighted by molar-refractivity contribution is 7.14. The molecule has 0 fully saturated rings.